The number of ether oxygens (including phenoxy) is 1. The van der Waals surface area contributed by atoms with Crippen LogP contribution < -0.4 is 10.2 Å². The van der Waals surface area contributed by atoms with E-state index >= 15 is 0 Å². The molecule has 2 amide bonds. The largest absolute Gasteiger partial charge is 0.389 e. The highest BCUT2D eigenvalue weighted by atomic mass is 19.4. The molecule has 3 heterocycles. The Kier molecular flexibility index (Phi) is 6.97. The third-order valence-corrected chi connectivity index (χ3v) is 7.53. The van der Waals surface area contributed by atoms with Gasteiger partial charge >= 0.3 is 12.2 Å². The Hall–Kier alpha value is -3.34. The van der Waals surface area contributed by atoms with E-state index in [2.05, 4.69) is 10.2 Å². The number of urea groups is 1. The fourth-order valence-electron chi connectivity index (χ4n) is 5.38. The lowest BCUT2D eigenvalue weighted by atomic mass is 9.96. The molecule has 2 aromatic carbocycles. The standard InChI is InChI=1S/C27H31F4N5O2/c1-16-10-22(28)23(32-26(37)36-5-4-18(15-36)14-27(29,30)31)13-20(16)19-11-21-17(2)34(3)33-25(21)24(12-19)35-6-8-38-9-7-35/h10-13,18H,4-9,14-15H2,1-3H3,(H,32,37)/t18-/m0/s1. The molecule has 38 heavy (non-hydrogen) atoms. The van der Waals surface area contributed by atoms with E-state index in [1.54, 1.807) is 13.0 Å². The van der Waals surface area contributed by atoms with E-state index in [4.69, 9.17) is 9.84 Å². The van der Waals surface area contributed by atoms with Gasteiger partial charge in [0.05, 0.1) is 24.6 Å². The molecule has 204 valence electrons. The quantitative estimate of drug-likeness (QED) is 0.441. The van der Waals surface area contributed by atoms with Gasteiger partial charge < -0.3 is 19.9 Å². The number of alkyl halides is 3. The zero-order chi connectivity index (χ0) is 27.2. The van der Waals surface area contributed by atoms with Crippen LogP contribution in [-0.2, 0) is 11.8 Å². The fourth-order valence-corrected chi connectivity index (χ4v) is 5.38. The number of fused-ring (bicyclic) bond motifs is 1. The number of nitrogens with one attached hydrogen (secondary N) is 1. The van der Waals surface area contributed by atoms with Gasteiger partial charge in [-0.2, -0.15) is 18.3 Å². The van der Waals surface area contributed by atoms with E-state index in [0.717, 1.165) is 46.5 Å². The molecule has 2 aliphatic rings. The Morgan fingerprint density at radius 1 is 1.13 bits per heavy atom. The summed E-state index contributed by atoms with van der Waals surface area (Å²) in [4.78, 5) is 16.4. The summed E-state index contributed by atoms with van der Waals surface area (Å²) in [5.41, 5.74) is 5.13. The molecule has 0 unspecified atom stereocenters. The summed E-state index contributed by atoms with van der Waals surface area (Å²) < 4.78 is 60.6. The van der Waals surface area contributed by atoms with E-state index in [1.807, 2.05) is 30.8 Å². The molecule has 0 bridgehead atoms. The van der Waals surface area contributed by atoms with Gasteiger partial charge in [0.15, 0.2) is 0 Å². The predicted octanol–water partition coefficient (Wildman–Crippen LogP) is 5.64. The number of amides is 2. The summed E-state index contributed by atoms with van der Waals surface area (Å²) in [5.74, 6) is -1.25. The number of halogens is 4. The molecular weight excluding hydrogens is 502 g/mol. The van der Waals surface area contributed by atoms with Crippen molar-refractivity contribution in [3.8, 4) is 11.1 Å². The summed E-state index contributed by atoms with van der Waals surface area (Å²) >= 11 is 0. The summed E-state index contributed by atoms with van der Waals surface area (Å²) in [6, 6.07) is 6.43. The number of benzene rings is 2. The minimum Gasteiger partial charge on any atom is -0.378 e. The van der Waals surface area contributed by atoms with E-state index in [9.17, 15) is 22.4 Å². The van der Waals surface area contributed by atoms with Crippen LogP contribution in [0.2, 0.25) is 0 Å². The van der Waals surface area contributed by atoms with Crippen molar-refractivity contribution in [2.75, 3.05) is 49.6 Å². The molecule has 7 nitrogen and oxygen atoms in total. The van der Waals surface area contributed by atoms with Crippen molar-refractivity contribution >= 4 is 28.3 Å². The predicted molar refractivity (Wildman–Crippen MR) is 138 cm³/mol. The molecule has 1 N–H and O–H groups in total. The fraction of sp³-hybridized carbons (Fsp3) is 0.481. The molecule has 1 atom stereocenters. The lowest BCUT2D eigenvalue weighted by Crippen LogP contribution is -2.36. The topological polar surface area (TPSA) is 62.6 Å². The second-order valence-corrected chi connectivity index (χ2v) is 10.2. The smallest absolute Gasteiger partial charge is 0.378 e. The van der Waals surface area contributed by atoms with Gasteiger partial charge in [-0.1, -0.05) is 0 Å². The van der Waals surface area contributed by atoms with Crippen molar-refractivity contribution in [1.29, 1.82) is 0 Å². The van der Waals surface area contributed by atoms with Crippen LogP contribution in [0.15, 0.2) is 24.3 Å². The number of aryl methyl sites for hydroxylation is 3. The molecule has 0 spiro atoms. The average Bonchev–Trinajstić information content (AvgIpc) is 3.43. The molecule has 2 saturated heterocycles. The number of nitrogens with zero attached hydrogens (tertiary/aromatic N) is 4. The molecule has 2 aliphatic heterocycles. The molecule has 0 aliphatic carbocycles. The Morgan fingerprint density at radius 2 is 1.87 bits per heavy atom. The molecule has 3 aromatic rings. The molecule has 11 heteroatoms. The average molecular weight is 534 g/mol. The number of aromatic nitrogens is 2. The minimum absolute atomic E-state index is 0.00839. The maximum Gasteiger partial charge on any atom is 0.389 e. The first-order valence-corrected chi connectivity index (χ1v) is 12.7. The lowest BCUT2D eigenvalue weighted by Gasteiger charge is -2.29. The van der Waals surface area contributed by atoms with Crippen LogP contribution in [0, 0.1) is 25.6 Å². The van der Waals surface area contributed by atoms with Crippen LogP contribution in [0.4, 0.5) is 33.7 Å². The second-order valence-electron chi connectivity index (χ2n) is 10.2. The Labute approximate surface area is 218 Å². The van der Waals surface area contributed by atoms with Gasteiger partial charge in [-0.05, 0) is 67.1 Å². The van der Waals surface area contributed by atoms with Crippen molar-refractivity contribution in [2.24, 2.45) is 13.0 Å². The van der Waals surface area contributed by atoms with Crippen LogP contribution in [0.1, 0.15) is 24.1 Å². The van der Waals surface area contributed by atoms with Gasteiger partial charge in [0, 0.05) is 50.7 Å². The first-order chi connectivity index (χ1) is 18.0. The minimum atomic E-state index is -4.27. The van der Waals surface area contributed by atoms with Crippen LogP contribution in [0.5, 0.6) is 0 Å². The normalized spacial score (nSPS) is 18.4. The van der Waals surface area contributed by atoms with Gasteiger partial charge in [-0.15, -0.1) is 0 Å². The van der Waals surface area contributed by atoms with Crippen molar-refractivity contribution in [1.82, 2.24) is 14.7 Å². The third kappa shape index (κ3) is 5.29. The summed E-state index contributed by atoms with van der Waals surface area (Å²) in [6.45, 7) is 6.67. The van der Waals surface area contributed by atoms with Gasteiger partial charge in [0.1, 0.15) is 11.3 Å². The van der Waals surface area contributed by atoms with Crippen molar-refractivity contribution < 1.29 is 27.1 Å². The second kappa shape index (κ2) is 10.1. The number of morpholine rings is 1. The highest BCUT2D eigenvalue weighted by molar-refractivity contribution is 5.98. The van der Waals surface area contributed by atoms with Gasteiger partial charge in [-0.3, -0.25) is 4.68 Å². The maximum absolute atomic E-state index is 15.0. The van der Waals surface area contributed by atoms with Crippen LogP contribution in [0.25, 0.3) is 22.0 Å². The summed E-state index contributed by atoms with van der Waals surface area (Å²) in [6.07, 6.45) is -4.94. The zero-order valence-electron chi connectivity index (χ0n) is 21.7. The van der Waals surface area contributed by atoms with Crippen molar-refractivity contribution in [3.63, 3.8) is 0 Å². The zero-order valence-corrected chi connectivity index (χ0v) is 21.7. The van der Waals surface area contributed by atoms with Crippen molar-refractivity contribution in [2.45, 2.75) is 32.9 Å². The number of carbonyl (C=O) groups excluding carboxylic acids is 1. The number of anilines is 2. The third-order valence-electron chi connectivity index (χ3n) is 7.53. The van der Waals surface area contributed by atoms with E-state index in [-0.39, 0.29) is 25.2 Å². The van der Waals surface area contributed by atoms with Gasteiger partial charge in [0.2, 0.25) is 0 Å². The molecule has 1 aromatic heterocycles. The Morgan fingerprint density at radius 3 is 2.58 bits per heavy atom. The van der Waals surface area contributed by atoms with Crippen LogP contribution in [-0.4, -0.2) is 66.3 Å². The monoisotopic (exact) mass is 533 g/mol. The first kappa shape index (κ1) is 26.3. The molecule has 5 rings (SSSR count). The number of rotatable bonds is 4. The van der Waals surface area contributed by atoms with Crippen LogP contribution in [0.3, 0.4) is 0 Å². The van der Waals surface area contributed by atoms with Gasteiger partial charge in [0.25, 0.3) is 0 Å². The number of hydrogen-bond acceptors (Lipinski definition) is 4. The van der Waals surface area contributed by atoms with Gasteiger partial charge in [-0.25, -0.2) is 9.18 Å². The van der Waals surface area contributed by atoms with Crippen molar-refractivity contribution in [3.05, 3.63) is 41.3 Å². The Balaban J connectivity index is 1.46. The molecule has 0 saturated carbocycles. The van der Waals surface area contributed by atoms with E-state index in [1.165, 1.54) is 11.0 Å². The molecule has 0 radical (unpaired) electrons. The first-order valence-electron chi connectivity index (χ1n) is 12.7. The SMILES string of the molecule is Cc1cc(F)c(NC(=O)N2CC[C@@H](CC(F)(F)F)C2)cc1-c1cc(N2CCOCC2)c2nn(C)c(C)c2c1. The van der Waals surface area contributed by atoms with Crippen LogP contribution >= 0.6 is 0 Å². The highest BCUT2D eigenvalue weighted by Gasteiger charge is 2.36. The number of hydrogen-bond donors (Lipinski definition) is 1. The Bertz CT molecular complexity index is 1360. The number of carbonyl (C=O) groups is 1. The summed E-state index contributed by atoms with van der Waals surface area (Å²) in [5, 5.41) is 8.30. The summed E-state index contributed by atoms with van der Waals surface area (Å²) in [7, 11) is 1.90. The number of likely N-dealkylation sites (tertiary alicyclic amines) is 1. The lowest BCUT2D eigenvalue weighted by molar-refractivity contribution is -0.143. The van der Waals surface area contributed by atoms with E-state index < -0.39 is 30.4 Å². The van der Waals surface area contributed by atoms with E-state index in [0.29, 0.717) is 18.8 Å². The molecule has 2 fully saturated rings. The molecular formula is C27H31F4N5O2. The highest BCUT2D eigenvalue weighted by Crippen LogP contribution is 2.37. The maximum atomic E-state index is 15.0.